The van der Waals surface area contributed by atoms with Crippen molar-refractivity contribution in [2.75, 3.05) is 13.7 Å². The molecular weight excluding hydrogens is 542 g/mol. The van der Waals surface area contributed by atoms with Gasteiger partial charge in [-0.15, -0.1) is 6.58 Å². The zero-order chi connectivity index (χ0) is 29.8. The van der Waals surface area contributed by atoms with E-state index in [-0.39, 0.29) is 18.4 Å². The number of hydrogen-bond donors (Lipinski definition) is 2. The lowest BCUT2D eigenvalue weighted by molar-refractivity contribution is -0.123. The third-order valence-corrected chi connectivity index (χ3v) is 6.49. The summed E-state index contributed by atoms with van der Waals surface area (Å²) in [5, 5.41) is 7.56. The highest BCUT2D eigenvalue weighted by Crippen LogP contribution is 2.34. The van der Waals surface area contributed by atoms with Gasteiger partial charge in [0, 0.05) is 21.7 Å². The predicted molar refractivity (Wildman–Crippen MR) is 162 cm³/mol. The van der Waals surface area contributed by atoms with Gasteiger partial charge in [-0.25, -0.2) is 5.43 Å². The molecule has 3 rings (SSSR count). The number of ether oxygens (including phenoxy) is 3. The molecule has 216 valence electrons. The van der Waals surface area contributed by atoms with Gasteiger partial charge in [0.2, 0.25) is 0 Å². The first-order valence-electron chi connectivity index (χ1n) is 13.3. The molecule has 1 unspecified atom stereocenters. The first-order chi connectivity index (χ1) is 19.8. The van der Waals surface area contributed by atoms with E-state index < -0.39 is 11.9 Å². The summed E-state index contributed by atoms with van der Waals surface area (Å²) in [6.45, 7) is 10.1. The van der Waals surface area contributed by atoms with Gasteiger partial charge in [-0.2, -0.15) is 5.10 Å². The van der Waals surface area contributed by atoms with E-state index >= 15 is 0 Å². The first-order valence-corrected chi connectivity index (χ1v) is 13.7. The fourth-order valence-corrected chi connectivity index (χ4v) is 4.19. The second kappa shape index (κ2) is 15.5. The highest BCUT2D eigenvalue weighted by atomic mass is 35.5. The lowest BCUT2D eigenvalue weighted by Crippen LogP contribution is -2.48. The molecular formula is C32H36ClN3O5. The van der Waals surface area contributed by atoms with Gasteiger partial charge >= 0.3 is 0 Å². The Hall–Kier alpha value is -4.30. The maximum absolute atomic E-state index is 13.0. The van der Waals surface area contributed by atoms with Crippen LogP contribution in [-0.4, -0.2) is 37.8 Å². The number of halogens is 1. The van der Waals surface area contributed by atoms with Crippen LogP contribution in [0.1, 0.15) is 47.8 Å². The number of amides is 2. The van der Waals surface area contributed by atoms with E-state index in [2.05, 4.69) is 22.4 Å². The monoisotopic (exact) mass is 577 g/mol. The minimum absolute atomic E-state index is 0.175. The predicted octanol–water partition coefficient (Wildman–Crippen LogP) is 5.96. The molecule has 2 N–H and O–H groups in total. The van der Waals surface area contributed by atoms with Crippen molar-refractivity contribution in [3.05, 3.63) is 101 Å². The molecule has 0 aliphatic carbocycles. The molecule has 0 saturated carbocycles. The Morgan fingerprint density at radius 1 is 1.05 bits per heavy atom. The van der Waals surface area contributed by atoms with Gasteiger partial charge < -0.3 is 19.5 Å². The summed E-state index contributed by atoms with van der Waals surface area (Å²) in [6, 6.07) is 17.0. The van der Waals surface area contributed by atoms with E-state index in [1.807, 2.05) is 51.1 Å². The average molecular weight is 578 g/mol. The van der Waals surface area contributed by atoms with Crippen molar-refractivity contribution >= 4 is 29.6 Å². The number of benzene rings is 3. The van der Waals surface area contributed by atoms with E-state index in [1.54, 1.807) is 43.5 Å². The van der Waals surface area contributed by atoms with Crippen molar-refractivity contribution in [2.24, 2.45) is 11.0 Å². The van der Waals surface area contributed by atoms with Crippen LogP contribution in [0.15, 0.2) is 78.4 Å². The van der Waals surface area contributed by atoms with Crippen molar-refractivity contribution in [3.63, 3.8) is 0 Å². The van der Waals surface area contributed by atoms with Crippen molar-refractivity contribution in [1.82, 2.24) is 10.7 Å². The third-order valence-electron chi connectivity index (χ3n) is 6.12. The van der Waals surface area contributed by atoms with Gasteiger partial charge in [-0.05, 0) is 67.3 Å². The minimum Gasteiger partial charge on any atom is -0.497 e. The second-order valence-corrected chi connectivity index (χ2v) is 9.88. The van der Waals surface area contributed by atoms with Crippen LogP contribution in [0.4, 0.5) is 0 Å². The summed E-state index contributed by atoms with van der Waals surface area (Å²) in [5.74, 6) is 0.790. The fourth-order valence-electron chi connectivity index (χ4n) is 4.00. The summed E-state index contributed by atoms with van der Waals surface area (Å²) in [5.41, 5.74) is 5.36. The molecule has 1 atom stereocenters. The Balaban J connectivity index is 1.75. The molecule has 8 nitrogen and oxygen atoms in total. The van der Waals surface area contributed by atoms with Gasteiger partial charge in [0.25, 0.3) is 11.8 Å². The standard InChI is InChI=1S/C32H36ClN3O5/c1-6-10-24-17-22(18-28(40-7-2)30(24)41-20-25-11-8-9-12-27(25)33)19-34-36-32(38)29(21(3)4)35-31(37)23-13-15-26(39-5)16-14-23/h6,8-9,11-19,21,29H,1,7,10,20H2,2-5H3,(H,35,37)(H,36,38). The second-order valence-electron chi connectivity index (χ2n) is 9.47. The lowest BCUT2D eigenvalue weighted by Gasteiger charge is -2.20. The number of nitrogens with zero attached hydrogens (tertiary/aromatic N) is 1. The molecule has 0 radical (unpaired) electrons. The molecule has 0 fully saturated rings. The number of nitrogens with one attached hydrogen (secondary N) is 2. The Kier molecular flexibility index (Phi) is 11.8. The normalized spacial score (nSPS) is 11.7. The van der Waals surface area contributed by atoms with Crippen LogP contribution in [0.5, 0.6) is 17.2 Å². The molecule has 0 heterocycles. The van der Waals surface area contributed by atoms with Crippen LogP contribution in [0.25, 0.3) is 0 Å². The maximum Gasteiger partial charge on any atom is 0.262 e. The van der Waals surface area contributed by atoms with E-state index in [4.69, 9.17) is 25.8 Å². The average Bonchev–Trinajstić information content (AvgIpc) is 2.96. The fraction of sp³-hybridized carbons (Fsp3) is 0.281. The maximum atomic E-state index is 13.0. The van der Waals surface area contributed by atoms with Crippen LogP contribution in [0.3, 0.4) is 0 Å². The Labute approximate surface area is 246 Å². The van der Waals surface area contributed by atoms with Crippen LogP contribution in [0, 0.1) is 5.92 Å². The molecule has 0 aliphatic rings. The Morgan fingerprint density at radius 2 is 1.78 bits per heavy atom. The minimum atomic E-state index is -0.794. The smallest absolute Gasteiger partial charge is 0.262 e. The number of hydrogen-bond acceptors (Lipinski definition) is 6. The molecule has 0 aliphatic heterocycles. The Morgan fingerprint density at radius 3 is 2.41 bits per heavy atom. The van der Waals surface area contributed by atoms with Crippen LogP contribution < -0.4 is 25.0 Å². The number of carbonyl (C=O) groups excluding carboxylic acids is 2. The number of hydrazone groups is 1. The van der Waals surface area contributed by atoms with Gasteiger partial charge in [0.1, 0.15) is 18.4 Å². The van der Waals surface area contributed by atoms with E-state index in [1.165, 1.54) is 6.21 Å². The molecule has 0 bridgehead atoms. The van der Waals surface area contributed by atoms with Gasteiger partial charge in [-0.3, -0.25) is 9.59 Å². The molecule has 41 heavy (non-hydrogen) atoms. The number of methoxy groups -OCH3 is 1. The summed E-state index contributed by atoms with van der Waals surface area (Å²) < 4.78 is 17.2. The van der Waals surface area contributed by atoms with E-state index in [9.17, 15) is 9.59 Å². The van der Waals surface area contributed by atoms with E-state index in [0.29, 0.717) is 46.4 Å². The van der Waals surface area contributed by atoms with Crippen molar-refractivity contribution in [2.45, 2.75) is 39.8 Å². The number of carbonyl (C=O) groups is 2. The van der Waals surface area contributed by atoms with E-state index in [0.717, 1.165) is 11.1 Å². The first kappa shape index (κ1) is 31.2. The van der Waals surface area contributed by atoms with Gasteiger partial charge in [0.05, 0.1) is 19.9 Å². The SMILES string of the molecule is C=CCc1cc(C=NNC(=O)C(NC(=O)c2ccc(OC)cc2)C(C)C)cc(OCC)c1OCc1ccccc1Cl. The van der Waals surface area contributed by atoms with Gasteiger partial charge in [0.15, 0.2) is 11.5 Å². The molecule has 0 aromatic heterocycles. The largest absolute Gasteiger partial charge is 0.497 e. The highest BCUT2D eigenvalue weighted by Gasteiger charge is 2.24. The molecule has 9 heteroatoms. The molecule has 0 saturated heterocycles. The van der Waals surface area contributed by atoms with Crippen LogP contribution in [-0.2, 0) is 17.8 Å². The summed E-state index contributed by atoms with van der Waals surface area (Å²) in [6.07, 6.45) is 3.82. The van der Waals surface area contributed by atoms with Crippen LogP contribution in [0.2, 0.25) is 5.02 Å². The topological polar surface area (TPSA) is 98.3 Å². The van der Waals surface area contributed by atoms with Crippen molar-refractivity contribution in [3.8, 4) is 17.2 Å². The Bertz CT molecular complexity index is 1370. The zero-order valence-corrected chi connectivity index (χ0v) is 24.5. The zero-order valence-electron chi connectivity index (χ0n) is 23.8. The molecule has 2 amide bonds. The summed E-state index contributed by atoms with van der Waals surface area (Å²) in [4.78, 5) is 25.7. The van der Waals surface area contributed by atoms with Crippen LogP contribution >= 0.6 is 11.6 Å². The molecule has 0 spiro atoms. The highest BCUT2D eigenvalue weighted by molar-refractivity contribution is 6.31. The quantitative estimate of drug-likeness (QED) is 0.140. The van der Waals surface area contributed by atoms with Gasteiger partial charge in [-0.1, -0.05) is 49.7 Å². The lowest BCUT2D eigenvalue weighted by atomic mass is 10.0. The van der Waals surface area contributed by atoms with Crippen molar-refractivity contribution in [1.29, 1.82) is 0 Å². The number of rotatable bonds is 14. The van der Waals surface area contributed by atoms with Crippen molar-refractivity contribution < 1.29 is 23.8 Å². The summed E-state index contributed by atoms with van der Waals surface area (Å²) in [7, 11) is 1.55. The third kappa shape index (κ3) is 8.85. The number of allylic oxidation sites excluding steroid dienone is 1. The molecule has 3 aromatic rings. The summed E-state index contributed by atoms with van der Waals surface area (Å²) >= 11 is 6.31. The molecule has 3 aromatic carbocycles.